The number of tetrazole rings is 1. The van der Waals surface area contributed by atoms with Crippen molar-refractivity contribution in [3.05, 3.63) is 29.8 Å². The normalized spacial score (nSPS) is 21.3. The van der Waals surface area contributed by atoms with Crippen LogP contribution in [-0.2, 0) is 11.2 Å². The number of fused-ring (bicyclic) bond motifs is 1. The first kappa shape index (κ1) is 14.7. The van der Waals surface area contributed by atoms with Crippen molar-refractivity contribution in [2.75, 3.05) is 4.90 Å². The SMILES string of the molecule is C[C@@H]1Cc2ccccc2N1C(=O)[C@@H](C)Sc1nnnn1C1CC1. The lowest BCUT2D eigenvalue weighted by Crippen LogP contribution is -2.40. The van der Waals surface area contributed by atoms with E-state index in [2.05, 4.69) is 28.5 Å². The molecule has 7 heteroatoms. The third kappa shape index (κ3) is 2.63. The Balaban J connectivity index is 1.53. The van der Waals surface area contributed by atoms with E-state index < -0.39 is 0 Å². The van der Waals surface area contributed by atoms with Crippen LogP contribution in [0.4, 0.5) is 5.69 Å². The molecule has 4 rings (SSSR count). The van der Waals surface area contributed by atoms with Crippen molar-refractivity contribution in [2.24, 2.45) is 0 Å². The molecule has 0 radical (unpaired) electrons. The predicted octanol–water partition coefficient (Wildman–Crippen LogP) is 2.47. The van der Waals surface area contributed by atoms with Crippen molar-refractivity contribution in [2.45, 2.75) is 55.6 Å². The maximum Gasteiger partial charge on any atom is 0.240 e. The van der Waals surface area contributed by atoms with Crippen LogP contribution < -0.4 is 4.90 Å². The van der Waals surface area contributed by atoms with Gasteiger partial charge in [-0.05, 0) is 55.2 Å². The van der Waals surface area contributed by atoms with Gasteiger partial charge in [0.05, 0.1) is 11.3 Å². The van der Waals surface area contributed by atoms with Crippen molar-refractivity contribution in [3.63, 3.8) is 0 Å². The fourth-order valence-electron chi connectivity index (χ4n) is 3.12. The topological polar surface area (TPSA) is 63.9 Å². The Kier molecular flexibility index (Phi) is 3.60. The molecule has 0 bridgehead atoms. The summed E-state index contributed by atoms with van der Waals surface area (Å²) >= 11 is 1.45. The number of amides is 1. The summed E-state index contributed by atoms with van der Waals surface area (Å²) in [7, 11) is 0. The van der Waals surface area contributed by atoms with Crippen LogP contribution in [0.3, 0.4) is 0 Å². The highest BCUT2D eigenvalue weighted by Crippen LogP contribution is 2.38. The van der Waals surface area contributed by atoms with Crippen LogP contribution in [0.1, 0.15) is 38.3 Å². The molecule has 1 aromatic carbocycles. The third-order valence-corrected chi connectivity index (χ3v) is 5.46. The van der Waals surface area contributed by atoms with Crippen LogP contribution in [0.15, 0.2) is 29.4 Å². The average molecular weight is 329 g/mol. The molecular formula is C16H19N5OS. The second-order valence-electron chi connectivity index (χ2n) is 6.29. The van der Waals surface area contributed by atoms with Crippen LogP contribution in [0.5, 0.6) is 0 Å². The van der Waals surface area contributed by atoms with E-state index in [1.54, 1.807) is 0 Å². The zero-order valence-corrected chi connectivity index (χ0v) is 14.0. The van der Waals surface area contributed by atoms with E-state index in [4.69, 9.17) is 0 Å². The maximum absolute atomic E-state index is 13.0. The van der Waals surface area contributed by atoms with E-state index in [9.17, 15) is 4.79 Å². The van der Waals surface area contributed by atoms with Crippen molar-refractivity contribution in [3.8, 4) is 0 Å². The van der Waals surface area contributed by atoms with Crippen LogP contribution in [0.25, 0.3) is 0 Å². The maximum atomic E-state index is 13.0. The van der Waals surface area contributed by atoms with Gasteiger partial charge in [0.15, 0.2) is 0 Å². The number of para-hydroxylation sites is 1. The molecule has 1 fully saturated rings. The summed E-state index contributed by atoms with van der Waals surface area (Å²) in [4.78, 5) is 14.9. The molecular weight excluding hydrogens is 310 g/mol. The van der Waals surface area contributed by atoms with Gasteiger partial charge >= 0.3 is 0 Å². The summed E-state index contributed by atoms with van der Waals surface area (Å²) in [5.74, 6) is 0.123. The fraction of sp³-hybridized carbons (Fsp3) is 0.500. The minimum atomic E-state index is -0.216. The summed E-state index contributed by atoms with van der Waals surface area (Å²) < 4.78 is 1.86. The molecule has 1 aliphatic heterocycles. The standard InChI is InChI=1S/C16H19N5OS/c1-10-9-12-5-3-4-6-14(12)20(10)15(22)11(2)23-16-17-18-19-21(16)13-7-8-13/h3-6,10-11,13H,7-9H2,1-2H3/t10-,11-/m1/s1. The highest BCUT2D eigenvalue weighted by atomic mass is 32.2. The molecule has 2 aliphatic rings. The van der Waals surface area contributed by atoms with E-state index in [-0.39, 0.29) is 17.2 Å². The molecule has 0 saturated heterocycles. The minimum absolute atomic E-state index is 0.123. The Morgan fingerprint density at radius 2 is 2.13 bits per heavy atom. The Morgan fingerprint density at radius 3 is 2.91 bits per heavy atom. The number of aromatic nitrogens is 4. The van der Waals surface area contributed by atoms with E-state index >= 15 is 0 Å². The van der Waals surface area contributed by atoms with E-state index in [1.165, 1.54) is 17.3 Å². The van der Waals surface area contributed by atoms with E-state index in [0.29, 0.717) is 6.04 Å². The molecule has 1 aromatic heterocycles. The molecule has 6 nitrogen and oxygen atoms in total. The van der Waals surface area contributed by atoms with Gasteiger partial charge in [-0.1, -0.05) is 30.0 Å². The summed E-state index contributed by atoms with van der Waals surface area (Å²) in [5.41, 5.74) is 2.28. The quantitative estimate of drug-likeness (QED) is 0.806. The zero-order chi connectivity index (χ0) is 16.0. The van der Waals surface area contributed by atoms with E-state index in [0.717, 1.165) is 30.1 Å². The van der Waals surface area contributed by atoms with Gasteiger partial charge in [-0.25, -0.2) is 4.68 Å². The molecule has 1 aliphatic carbocycles. The lowest BCUT2D eigenvalue weighted by molar-refractivity contribution is -0.118. The van der Waals surface area contributed by atoms with Crippen LogP contribution in [0.2, 0.25) is 0 Å². The van der Waals surface area contributed by atoms with Crippen molar-refractivity contribution in [1.29, 1.82) is 0 Å². The summed E-state index contributed by atoms with van der Waals surface area (Å²) in [6.07, 6.45) is 3.16. The zero-order valence-electron chi connectivity index (χ0n) is 13.2. The number of hydrogen-bond acceptors (Lipinski definition) is 5. The fourth-order valence-corrected chi connectivity index (χ4v) is 4.02. The van der Waals surface area contributed by atoms with Gasteiger partial charge < -0.3 is 4.90 Å². The monoisotopic (exact) mass is 329 g/mol. The molecule has 120 valence electrons. The highest BCUT2D eigenvalue weighted by molar-refractivity contribution is 8.00. The lowest BCUT2D eigenvalue weighted by atomic mass is 10.1. The highest BCUT2D eigenvalue weighted by Gasteiger charge is 2.35. The number of anilines is 1. The number of hydrogen-bond donors (Lipinski definition) is 0. The number of carbonyl (C=O) groups excluding carboxylic acids is 1. The first-order chi connectivity index (χ1) is 11.1. The molecule has 1 amide bonds. The number of thioether (sulfide) groups is 1. The molecule has 1 saturated carbocycles. The van der Waals surface area contributed by atoms with Gasteiger partial charge in [-0.3, -0.25) is 4.79 Å². The predicted molar refractivity (Wildman–Crippen MR) is 88.5 cm³/mol. The summed E-state index contributed by atoms with van der Waals surface area (Å²) in [6.45, 7) is 4.04. The van der Waals surface area contributed by atoms with Crippen LogP contribution in [0, 0.1) is 0 Å². The molecule has 2 heterocycles. The van der Waals surface area contributed by atoms with Crippen LogP contribution >= 0.6 is 11.8 Å². The summed E-state index contributed by atoms with van der Waals surface area (Å²) in [6, 6.07) is 8.76. The Morgan fingerprint density at radius 1 is 1.35 bits per heavy atom. The van der Waals surface area contributed by atoms with Gasteiger partial charge in [0.1, 0.15) is 0 Å². The third-order valence-electron chi connectivity index (χ3n) is 4.43. The smallest absolute Gasteiger partial charge is 0.240 e. The molecule has 2 atom stereocenters. The number of rotatable bonds is 4. The molecule has 0 spiro atoms. The van der Waals surface area contributed by atoms with Gasteiger partial charge in [0.25, 0.3) is 0 Å². The Hall–Kier alpha value is -1.89. The average Bonchev–Trinajstić information content (AvgIpc) is 3.19. The molecule has 0 N–H and O–H groups in total. The first-order valence-corrected chi connectivity index (χ1v) is 8.88. The number of carbonyl (C=O) groups is 1. The molecule has 2 aromatic rings. The largest absolute Gasteiger partial charge is 0.308 e. The molecule has 23 heavy (non-hydrogen) atoms. The summed E-state index contributed by atoms with van der Waals surface area (Å²) in [5, 5.41) is 12.4. The van der Waals surface area contributed by atoms with Crippen molar-refractivity contribution < 1.29 is 4.79 Å². The molecule has 0 unspecified atom stereocenters. The van der Waals surface area contributed by atoms with Gasteiger partial charge in [-0.15, -0.1) is 5.10 Å². The Labute approximate surface area is 139 Å². The first-order valence-electron chi connectivity index (χ1n) is 8.00. The van der Waals surface area contributed by atoms with Crippen LogP contribution in [-0.4, -0.2) is 37.4 Å². The van der Waals surface area contributed by atoms with Gasteiger partial charge in [-0.2, -0.15) is 0 Å². The lowest BCUT2D eigenvalue weighted by Gasteiger charge is -2.25. The van der Waals surface area contributed by atoms with E-state index in [1.807, 2.05) is 34.7 Å². The van der Waals surface area contributed by atoms with Crippen molar-refractivity contribution in [1.82, 2.24) is 20.2 Å². The van der Waals surface area contributed by atoms with Gasteiger partial charge in [0.2, 0.25) is 11.1 Å². The second kappa shape index (κ2) is 5.63. The number of benzene rings is 1. The number of nitrogens with zero attached hydrogens (tertiary/aromatic N) is 5. The Bertz CT molecular complexity index is 742. The van der Waals surface area contributed by atoms with Crippen molar-refractivity contribution >= 4 is 23.4 Å². The second-order valence-corrected chi connectivity index (χ2v) is 7.60. The van der Waals surface area contributed by atoms with Gasteiger partial charge in [0, 0.05) is 11.7 Å². The minimum Gasteiger partial charge on any atom is -0.308 e.